The first-order valence-electron chi connectivity index (χ1n) is 11.1. The number of ether oxygens (including phenoxy) is 1. The van der Waals surface area contributed by atoms with E-state index < -0.39 is 5.97 Å². The fourth-order valence-corrected chi connectivity index (χ4v) is 2.52. The second kappa shape index (κ2) is 21.7. The zero-order valence-corrected chi connectivity index (χ0v) is 18.7. The van der Waals surface area contributed by atoms with Crippen molar-refractivity contribution in [3.8, 4) is 0 Å². The Bertz CT molecular complexity index is 414. The maximum absolute atomic E-state index is 11.6. The van der Waals surface area contributed by atoms with Gasteiger partial charge in [-0.1, -0.05) is 97.6 Å². The molecule has 0 rings (SSSR count). The predicted molar refractivity (Wildman–Crippen MR) is 119 cm³/mol. The largest absolute Gasteiger partial charge is 0.478 e. The molecule has 4 heteroatoms. The van der Waals surface area contributed by atoms with Crippen molar-refractivity contribution in [1.82, 2.24) is 0 Å². The highest BCUT2D eigenvalue weighted by Gasteiger charge is 2.07. The van der Waals surface area contributed by atoms with Crippen molar-refractivity contribution in [2.24, 2.45) is 0 Å². The fourth-order valence-electron chi connectivity index (χ4n) is 2.52. The van der Waals surface area contributed by atoms with Crippen LogP contribution in [0.15, 0.2) is 24.3 Å². The van der Waals surface area contributed by atoms with Crippen molar-refractivity contribution < 1.29 is 19.4 Å². The summed E-state index contributed by atoms with van der Waals surface area (Å²) < 4.78 is 5.16. The average molecular weight is 397 g/mol. The first-order valence-corrected chi connectivity index (χ1v) is 11.1. The van der Waals surface area contributed by atoms with Gasteiger partial charge in [-0.3, -0.25) is 0 Å². The molecule has 0 atom stereocenters. The Labute approximate surface area is 173 Å². The molecule has 28 heavy (non-hydrogen) atoms. The molecule has 0 amide bonds. The van der Waals surface area contributed by atoms with Gasteiger partial charge in [-0.05, 0) is 26.2 Å². The van der Waals surface area contributed by atoms with Crippen molar-refractivity contribution in [2.75, 3.05) is 6.61 Å². The minimum atomic E-state index is -0.935. The lowest BCUT2D eigenvalue weighted by molar-refractivity contribution is -0.139. The van der Waals surface area contributed by atoms with Gasteiger partial charge < -0.3 is 9.84 Å². The van der Waals surface area contributed by atoms with Crippen molar-refractivity contribution in [2.45, 2.75) is 111 Å². The van der Waals surface area contributed by atoms with E-state index in [2.05, 4.69) is 27.0 Å². The Hall–Kier alpha value is -1.58. The predicted octanol–water partition coefficient (Wildman–Crippen LogP) is 7.23. The topological polar surface area (TPSA) is 63.6 Å². The summed E-state index contributed by atoms with van der Waals surface area (Å²) in [5.41, 5.74) is 0.821. The van der Waals surface area contributed by atoms with Crippen molar-refractivity contribution in [3.05, 3.63) is 24.3 Å². The summed E-state index contributed by atoms with van der Waals surface area (Å²) in [6, 6.07) is 0. The lowest BCUT2D eigenvalue weighted by Gasteiger charge is -2.06. The molecule has 0 saturated carbocycles. The second-order valence-electron chi connectivity index (χ2n) is 7.46. The van der Waals surface area contributed by atoms with Crippen LogP contribution in [0.25, 0.3) is 0 Å². The van der Waals surface area contributed by atoms with Crippen LogP contribution >= 0.6 is 0 Å². The van der Waals surface area contributed by atoms with E-state index in [1.165, 1.54) is 71.1 Å². The Morgan fingerprint density at radius 1 is 0.750 bits per heavy atom. The number of esters is 1. The van der Waals surface area contributed by atoms with Crippen LogP contribution < -0.4 is 0 Å². The van der Waals surface area contributed by atoms with Crippen LogP contribution in [0.3, 0.4) is 0 Å². The fraction of sp³-hybridized carbons (Fsp3) is 0.750. The minimum Gasteiger partial charge on any atom is -0.478 e. The highest BCUT2D eigenvalue weighted by atomic mass is 16.5. The van der Waals surface area contributed by atoms with E-state index in [1.54, 1.807) is 0 Å². The number of carbonyl (C=O) groups is 2. The van der Waals surface area contributed by atoms with Gasteiger partial charge in [0.05, 0.1) is 6.61 Å². The third kappa shape index (κ3) is 22.5. The molecule has 0 aromatic heterocycles. The number of hydrogen-bond acceptors (Lipinski definition) is 3. The van der Waals surface area contributed by atoms with Crippen LogP contribution in [0.2, 0.25) is 0 Å². The van der Waals surface area contributed by atoms with E-state index in [0.717, 1.165) is 25.7 Å². The Kier molecular flexibility index (Phi) is 22.2. The summed E-state index contributed by atoms with van der Waals surface area (Å²) in [6.07, 6.45) is 17.4. The van der Waals surface area contributed by atoms with Gasteiger partial charge in [0.1, 0.15) is 0 Å². The summed E-state index contributed by atoms with van der Waals surface area (Å²) >= 11 is 0. The van der Waals surface area contributed by atoms with Gasteiger partial charge in [0.2, 0.25) is 0 Å². The third-order valence-corrected chi connectivity index (χ3v) is 4.47. The molecule has 0 heterocycles. The maximum Gasteiger partial charge on any atom is 0.333 e. The minimum absolute atomic E-state index is 0.176. The number of aliphatic carboxylic acids is 1. The normalized spacial score (nSPS) is 9.96. The molecule has 0 unspecified atom stereocenters. The number of carbonyl (C=O) groups excluding carboxylic acids is 1. The van der Waals surface area contributed by atoms with Gasteiger partial charge >= 0.3 is 11.9 Å². The quantitative estimate of drug-likeness (QED) is 0.160. The second-order valence-corrected chi connectivity index (χ2v) is 7.46. The Morgan fingerprint density at radius 2 is 1.14 bits per heavy atom. The van der Waals surface area contributed by atoms with Crippen LogP contribution in [0.4, 0.5) is 0 Å². The maximum atomic E-state index is 11.6. The number of rotatable bonds is 17. The van der Waals surface area contributed by atoms with Gasteiger partial charge in [-0.25, -0.2) is 9.59 Å². The molecule has 0 aliphatic carbocycles. The molecule has 0 fully saturated rings. The number of unbranched alkanes of at least 4 members (excludes halogenated alkanes) is 11. The molecule has 1 N–H and O–H groups in total. The molecule has 0 bridgehead atoms. The van der Waals surface area contributed by atoms with E-state index >= 15 is 0 Å². The molecule has 0 spiro atoms. The monoisotopic (exact) mass is 396 g/mol. The van der Waals surface area contributed by atoms with Gasteiger partial charge in [0.25, 0.3) is 0 Å². The van der Waals surface area contributed by atoms with Gasteiger partial charge in [-0.15, -0.1) is 0 Å². The first-order chi connectivity index (χ1) is 13.4. The molecule has 0 aromatic rings. The standard InChI is InChI=1S/C20H38O2.C4H6O2/c1-4-6-8-9-10-11-12-13-14-15-16-17-19(3)20(21)22-18-7-5-2;1-3(2)4(5)6/h3-18H2,1-2H3;1H2,2H3,(H,5,6). The molecule has 164 valence electrons. The highest BCUT2D eigenvalue weighted by Crippen LogP contribution is 2.14. The summed E-state index contributed by atoms with van der Waals surface area (Å²) in [7, 11) is 0. The zero-order valence-electron chi connectivity index (χ0n) is 18.7. The summed E-state index contributed by atoms with van der Waals surface area (Å²) in [6.45, 7) is 13.3. The summed E-state index contributed by atoms with van der Waals surface area (Å²) in [4.78, 5) is 21.2. The SMILES string of the molecule is C=C(C)C(=O)O.C=C(CCCCCCCCCCCCC)C(=O)OCCCC. The van der Waals surface area contributed by atoms with Gasteiger partial charge in [0.15, 0.2) is 0 Å². The van der Waals surface area contributed by atoms with Crippen molar-refractivity contribution in [3.63, 3.8) is 0 Å². The molecule has 0 saturated heterocycles. The Balaban J connectivity index is 0. The molecule has 0 aliphatic rings. The van der Waals surface area contributed by atoms with Crippen LogP contribution in [0.1, 0.15) is 111 Å². The Morgan fingerprint density at radius 3 is 1.54 bits per heavy atom. The van der Waals surface area contributed by atoms with Crippen LogP contribution in [-0.4, -0.2) is 23.7 Å². The molecular formula is C24H44O4. The number of hydrogen-bond donors (Lipinski definition) is 1. The molecule has 0 radical (unpaired) electrons. The van der Waals surface area contributed by atoms with E-state index in [4.69, 9.17) is 9.84 Å². The van der Waals surface area contributed by atoms with Gasteiger partial charge in [0, 0.05) is 11.1 Å². The van der Waals surface area contributed by atoms with Crippen LogP contribution in [0.5, 0.6) is 0 Å². The number of carboxylic acid groups (broad SMARTS) is 1. The summed E-state index contributed by atoms with van der Waals surface area (Å²) in [5.74, 6) is -1.13. The van der Waals surface area contributed by atoms with Crippen molar-refractivity contribution in [1.29, 1.82) is 0 Å². The number of carboxylic acids is 1. The highest BCUT2D eigenvalue weighted by molar-refractivity contribution is 5.87. The zero-order chi connectivity index (χ0) is 21.6. The smallest absolute Gasteiger partial charge is 0.333 e. The molecule has 4 nitrogen and oxygen atoms in total. The molecule has 0 aliphatic heterocycles. The van der Waals surface area contributed by atoms with E-state index in [-0.39, 0.29) is 11.5 Å². The van der Waals surface area contributed by atoms with E-state index in [0.29, 0.717) is 12.2 Å². The van der Waals surface area contributed by atoms with Gasteiger partial charge in [-0.2, -0.15) is 0 Å². The van der Waals surface area contributed by atoms with Crippen molar-refractivity contribution >= 4 is 11.9 Å². The third-order valence-electron chi connectivity index (χ3n) is 4.47. The lowest BCUT2D eigenvalue weighted by Crippen LogP contribution is -2.08. The average Bonchev–Trinajstić information content (AvgIpc) is 2.66. The van der Waals surface area contributed by atoms with E-state index in [9.17, 15) is 9.59 Å². The summed E-state index contributed by atoms with van der Waals surface area (Å²) in [5, 5.41) is 7.89. The lowest BCUT2D eigenvalue weighted by atomic mass is 10.0. The van der Waals surface area contributed by atoms with Crippen LogP contribution in [-0.2, 0) is 14.3 Å². The van der Waals surface area contributed by atoms with Crippen LogP contribution in [0, 0.1) is 0 Å². The first kappa shape index (κ1) is 28.6. The molecular weight excluding hydrogens is 352 g/mol. The molecule has 0 aromatic carbocycles. The van der Waals surface area contributed by atoms with E-state index in [1.807, 2.05) is 0 Å².